The summed E-state index contributed by atoms with van der Waals surface area (Å²) in [6.07, 6.45) is 0. The highest BCUT2D eigenvalue weighted by molar-refractivity contribution is 5.52. The molecule has 0 bridgehead atoms. The summed E-state index contributed by atoms with van der Waals surface area (Å²) in [7, 11) is 0. The number of para-hydroxylation sites is 1. The fourth-order valence-electron chi connectivity index (χ4n) is 1.94. The molecule has 2 nitrogen and oxygen atoms in total. The van der Waals surface area contributed by atoms with Crippen molar-refractivity contribution in [3.05, 3.63) is 65.5 Å². The molecular weight excluding hydrogens is 229 g/mol. The van der Waals surface area contributed by atoms with Gasteiger partial charge in [-0.05, 0) is 19.1 Å². The number of aliphatic hydroxyl groups excluding tert-OH is 1. The predicted molar refractivity (Wildman–Crippen MR) is 70.8 cm³/mol. The second-order valence-corrected chi connectivity index (χ2v) is 4.20. The lowest BCUT2D eigenvalue weighted by Gasteiger charge is -2.18. The third-order valence-corrected chi connectivity index (χ3v) is 2.93. The average molecular weight is 245 g/mol. The van der Waals surface area contributed by atoms with Gasteiger partial charge in [0.25, 0.3) is 0 Å². The van der Waals surface area contributed by atoms with Crippen molar-refractivity contribution in [2.24, 2.45) is 0 Å². The first-order valence-electron chi connectivity index (χ1n) is 5.92. The molecule has 0 aliphatic heterocycles. The highest BCUT2D eigenvalue weighted by Crippen LogP contribution is 2.23. The summed E-state index contributed by atoms with van der Waals surface area (Å²) < 4.78 is 13.6. The zero-order chi connectivity index (χ0) is 13.0. The largest absolute Gasteiger partial charge is 0.392 e. The molecule has 0 radical (unpaired) electrons. The molecule has 0 amide bonds. The smallest absolute Gasteiger partial charge is 0.128 e. The maximum atomic E-state index is 13.6. The van der Waals surface area contributed by atoms with Gasteiger partial charge < -0.3 is 10.4 Å². The summed E-state index contributed by atoms with van der Waals surface area (Å²) >= 11 is 0. The van der Waals surface area contributed by atoms with Crippen molar-refractivity contribution in [2.45, 2.75) is 19.6 Å². The van der Waals surface area contributed by atoms with E-state index in [4.69, 9.17) is 0 Å². The topological polar surface area (TPSA) is 32.3 Å². The van der Waals surface area contributed by atoms with E-state index in [9.17, 15) is 9.50 Å². The van der Waals surface area contributed by atoms with Gasteiger partial charge in [0, 0.05) is 16.8 Å². The van der Waals surface area contributed by atoms with Crippen LogP contribution < -0.4 is 5.32 Å². The average Bonchev–Trinajstić information content (AvgIpc) is 2.39. The molecule has 3 heteroatoms. The highest BCUT2D eigenvalue weighted by atomic mass is 19.1. The first-order chi connectivity index (χ1) is 8.72. The first-order valence-corrected chi connectivity index (χ1v) is 5.92. The third-order valence-electron chi connectivity index (χ3n) is 2.93. The molecule has 2 aromatic carbocycles. The number of rotatable bonds is 4. The van der Waals surface area contributed by atoms with Crippen molar-refractivity contribution < 1.29 is 9.50 Å². The van der Waals surface area contributed by atoms with Gasteiger partial charge in [0.05, 0.1) is 12.6 Å². The van der Waals surface area contributed by atoms with Crippen LogP contribution in [-0.4, -0.2) is 5.11 Å². The number of halogens is 1. The van der Waals surface area contributed by atoms with E-state index in [-0.39, 0.29) is 18.5 Å². The Balaban J connectivity index is 2.21. The normalized spacial score (nSPS) is 12.2. The van der Waals surface area contributed by atoms with E-state index in [0.29, 0.717) is 5.56 Å². The summed E-state index contributed by atoms with van der Waals surface area (Å²) in [5.74, 6) is -0.223. The number of hydrogen-bond donors (Lipinski definition) is 2. The Kier molecular flexibility index (Phi) is 3.95. The van der Waals surface area contributed by atoms with Gasteiger partial charge in [-0.15, -0.1) is 0 Å². The molecule has 0 saturated heterocycles. The summed E-state index contributed by atoms with van der Waals surface area (Å²) in [6, 6.07) is 14.0. The molecule has 0 fully saturated rings. The van der Waals surface area contributed by atoms with Crippen molar-refractivity contribution in [3.63, 3.8) is 0 Å². The van der Waals surface area contributed by atoms with Crippen molar-refractivity contribution >= 4 is 5.69 Å². The zero-order valence-electron chi connectivity index (χ0n) is 10.2. The van der Waals surface area contributed by atoms with Crippen LogP contribution in [0.15, 0.2) is 48.5 Å². The van der Waals surface area contributed by atoms with Gasteiger partial charge >= 0.3 is 0 Å². The Morgan fingerprint density at radius 2 is 1.78 bits per heavy atom. The van der Waals surface area contributed by atoms with E-state index in [1.807, 2.05) is 37.3 Å². The van der Waals surface area contributed by atoms with Crippen molar-refractivity contribution in [2.75, 3.05) is 5.32 Å². The quantitative estimate of drug-likeness (QED) is 0.864. The van der Waals surface area contributed by atoms with Gasteiger partial charge in [-0.2, -0.15) is 0 Å². The number of aliphatic hydroxyl groups is 1. The van der Waals surface area contributed by atoms with E-state index in [1.165, 1.54) is 6.07 Å². The maximum Gasteiger partial charge on any atom is 0.128 e. The minimum Gasteiger partial charge on any atom is -0.392 e. The molecule has 1 atom stereocenters. The van der Waals surface area contributed by atoms with Crippen LogP contribution in [0.1, 0.15) is 24.1 Å². The van der Waals surface area contributed by atoms with Gasteiger partial charge in [0.15, 0.2) is 0 Å². The highest BCUT2D eigenvalue weighted by Gasteiger charge is 2.11. The van der Waals surface area contributed by atoms with E-state index >= 15 is 0 Å². The van der Waals surface area contributed by atoms with Gasteiger partial charge in [0.1, 0.15) is 5.82 Å². The van der Waals surface area contributed by atoms with Gasteiger partial charge in [0.2, 0.25) is 0 Å². The number of anilines is 1. The van der Waals surface area contributed by atoms with Crippen LogP contribution in [0.25, 0.3) is 0 Å². The number of benzene rings is 2. The SMILES string of the molecule is CC(Nc1ccccc1CO)c1ccccc1F. The Morgan fingerprint density at radius 3 is 2.50 bits per heavy atom. The standard InChI is InChI=1S/C15H16FNO/c1-11(13-7-3-4-8-14(13)16)17-15-9-5-2-6-12(15)10-18/h2-9,11,17-18H,10H2,1H3. The Labute approximate surface area is 106 Å². The summed E-state index contributed by atoms with van der Waals surface area (Å²) in [4.78, 5) is 0. The molecule has 2 rings (SSSR count). The predicted octanol–water partition coefficient (Wildman–Crippen LogP) is 3.49. The Bertz CT molecular complexity index is 527. The van der Waals surface area contributed by atoms with Gasteiger partial charge in [-0.1, -0.05) is 36.4 Å². The monoisotopic (exact) mass is 245 g/mol. The lowest BCUT2D eigenvalue weighted by molar-refractivity contribution is 0.282. The fraction of sp³-hybridized carbons (Fsp3) is 0.200. The number of hydrogen-bond acceptors (Lipinski definition) is 2. The number of nitrogens with one attached hydrogen (secondary N) is 1. The van der Waals surface area contributed by atoms with E-state index in [0.717, 1.165) is 11.3 Å². The van der Waals surface area contributed by atoms with E-state index in [1.54, 1.807) is 12.1 Å². The van der Waals surface area contributed by atoms with Crippen LogP contribution in [0.3, 0.4) is 0 Å². The first kappa shape index (κ1) is 12.6. The van der Waals surface area contributed by atoms with Gasteiger partial charge in [-0.25, -0.2) is 4.39 Å². The molecule has 1 unspecified atom stereocenters. The molecular formula is C15H16FNO. The Hall–Kier alpha value is -1.87. The lowest BCUT2D eigenvalue weighted by Crippen LogP contribution is -2.10. The molecule has 0 aliphatic carbocycles. The van der Waals surface area contributed by atoms with Crippen LogP contribution in [0.5, 0.6) is 0 Å². The summed E-state index contributed by atoms with van der Waals surface area (Å²) in [5.41, 5.74) is 2.25. The molecule has 0 aromatic heterocycles. The summed E-state index contributed by atoms with van der Waals surface area (Å²) in [6.45, 7) is 1.86. The molecule has 2 aromatic rings. The van der Waals surface area contributed by atoms with Gasteiger partial charge in [-0.3, -0.25) is 0 Å². The molecule has 0 heterocycles. The van der Waals surface area contributed by atoms with Crippen LogP contribution >= 0.6 is 0 Å². The van der Waals surface area contributed by atoms with Crippen molar-refractivity contribution in [3.8, 4) is 0 Å². The van der Waals surface area contributed by atoms with E-state index < -0.39 is 0 Å². The van der Waals surface area contributed by atoms with Crippen molar-refractivity contribution in [1.29, 1.82) is 0 Å². The Morgan fingerprint density at radius 1 is 1.11 bits per heavy atom. The second kappa shape index (κ2) is 5.65. The second-order valence-electron chi connectivity index (χ2n) is 4.20. The minimum absolute atomic E-state index is 0.0346. The van der Waals surface area contributed by atoms with Crippen molar-refractivity contribution in [1.82, 2.24) is 0 Å². The van der Waals surface area contributed by atoms with Crippen LogP contribution in [-0.2, 0) is 6.61 Å². The zero-order valence-corrected chi connectivity index (χ0v) is 10.2. The maximum absolute atomic E-state index is 13.6. The molecule has 0 saturated carbocycles. The lowest BCUT2D eigenvalue weighted by atomic mass is 10.1. The molecule has 0 spiro atoms. The molecule has 0 aliphatic rings. The summed E-state index contributed by atoms with van der Waals surface area (Å²) in [5, 5.41) is 12.5. The molecule has 18 heavy (non-hydrogen) atoms. The fourth-order valence-corrected chi connectivity index (χ4v) is 1.94. The van der Waals surface area contributed by atoms with Crippen LogP contribution in [0, 0.1) is 5.82 Å². The van der Waals surface area contributed by atoms with Crippen LogP contribution in [0.4, 0.5) is 10.1 Å². The molecule has 94 valence electrons. The van der Waals surface area contributed by atoms with E-state index in [2.05, 4.69) is 5.32 Å². The molecule has 2 N–H and O–H groups in total. The van der Waals surface area contributed by atoms with Crippen LogP contribution in [0.2, 0.25) is 0 Å². The minimum atomic E-state index is -0.223. The third kappa shape index (κ3) is 2.68.